The maximum Gasteiger partial charge on any atom is 0.115 e. The molecular formula is C21H23NO2. The molecule has 1 N–H and O–H groups in total. The average Bonchev–Trinajstić information content (AvgIpc) is 2.63. The topological polar surface area (TPSA) is 41.8 Å². The Morgan fingerprint density at radius 1 is 1.08 bits per heavy atom. The molecule has 0 radical (unpaired) electrons. The molecule has 0 atom stereocenters. The molecule has 2 aromatic rings. The molecule has 2 rings (SSSR count). The zero-order valence-electron chi connectivity index (χ0n) is 14.4. The van der Waals surface area contributed by atoms with Gasteiger partial charge in [0.25, 0.3) is 0 Å². The highest BCUT2D eigenvalue weighted by Gasteiger charge is 2.06. The van der Waals surface area contributed by atoms with E-state index in [0.29, 0.717) is 12.3 Å². The summed E-state index contributed by atoms with van der Waals surface area (Å²) in [4.78, 5) is 0. The van der Waals surface area contributed by atoms with Crippen LogP contribution in [0, 0.1) is 6.92 Å². The van der Waals surface area contributed by atoms with Gasteiger partial charge in [-0.25, -0.2) is 0 Å². The molecule has 124 valence electrons. The molecule has 0 aliphatic heterocycles. The summed E-state index contributed by atoms with van der Waals surface area (Å²) in [5, 5.41) is 11.8. The lowest BCUT2D eigenvalue weighted by Crippen LogP contribution is -1.97. The molecular weight excluding hydrogens is 298 g/mol. The lowest BCUT2D eigenvalue weighted by atomic mass is 9.97. The quantitative estimate of drug-likeness (QED) is 0.251. The van der Waals surface area contributed by atoms with Gasteiger partial charge in [-0.1, -0.05) is 53.7 Å². The molecule has 0 unspecified atom stereocenters. The maximum absolute atomic E-state index is 8.68. The van der Waals surface area contributed by atoms with E-state index in [0.717, 1.165) is 11.3 Å². The second kappa shape index (κ2) is 8.73. The van der Waals surface area contributed by atoms with Crippen LogP contribution >= 0.6 is 0 Å². The summed E-state index contributed by atoms with van der Waals surface area (Å²) in [5.74, 6) is 0.738. The minimum atomic E-state index is 0.492. The van der Waals surface area contributed by atoms with Crippen LogP contribution in [0.5, 0.6) is 0 Å². The van der Waals surface area contributed by atoms with Gasteiger partial charge in [0.05, 0.1) is 5.71 Å². The monoisotopic (exact) mass is 321 g/mol. The minimum absolute atomic E-state index is 0.492. The Balaban J connectivity index is 2.15. The van der Waals surface area contributed by atoms with Crippen LogP contribution in [0.2, 0.25) is 0 Å². The summed E-state index contributed by atoms with van der Waals surface area (Å²) in [6.07, 6.45) is 5.39. The van der Waals surface area contributed by atoms with Gasteiger partial charge in [-0.05, 0) is 61.3 Å². The standard InChI is InChI=1S/C21H23NO2/c1-4-20(14-13-16(2)22-23)24-15-19-11-8-12-21(17(19)3)18-9-6-5-7-10-18/h4-14,23H,15H2,1-3H3/b14-13-,20-4+,22-16+. The van der Waals surface area contributed by atoms with Gasteiger partial charge in [0, 0.05) is 0 Å². The number of allylic oxidation sites excluding steroid dienone is 3. The molecule has 2 aromatic carbocycles. The Morgan fingerprint density at radius 3 is 2.50 bits per heavy atom. The number of oxime groups is 1. The van der Waals surface area contributed by atoms with Crippen LogP contribution in [0.15, 0.2) is 77.7 Å². The van der Waals surface area contributed by atoms with Crippen molar-refractivity contribution in [2.75, 3.05) is 0 Å². The third kappa shape index (κ3) is 4.59. The number of benzene rings is 2. The number of hydrogen-bond donors (Lipinski definition) is 1. The van der Waals surface area contributed by atoms with Crippen molar-refractivity contribution in [2.24, 2.45) is 5.16 Å². The van der Waals surface area contributed by atoms with E-state index in [9.17, 15) is 0 Å². The van der Waals surface area contributed by atoms with E-state index in [1.165, 1.54) is 16.7 Å². The minimum Gasteiger partial charge on any atom is -0.489 e. The largest absolute Gasteiger partial charge is 0.489 e. The smallest absolute Gasteiger partial charge is 0.115 e. The van der Waals surface area contributed by atoms with Crippen LogP contribution in [0.1, 0.15) is 25.0 Å². The molecule has 3 heteroatoms. The van der Waals surface area contributed by atoms with E-state index < -0.39 is 0 Å². The second-order valence-corrected chi connectivity index (χ2v) is 5.51. The Labute approximate surface area is 143 Å². The molecule has 0 saturated heterocycles. The first-order valence-electron chi connectivity index (χ1n) is 7.95. The van der Waals surface area contributed by atoms with E-state index in [1.54, 1.807) is 19.1 Å². The summed E-state index contributed by atoms with van der Waals surface area (Å²) in [6, 6.07) is 16.6. The zero-order valence-corrected chi connectivity index (χ0v) is 14.4. The van der Waals surface area contributed by atoms with Crippen LogP contribution < -0.4 is 0 Å². The van der Waals surface area contributed by atoms with Gasteiger partial charge in [0.1, 0.15) is 12.4 Å². The van der Waals surface area contributed by atoms with Crippen molar-refractivity contribution in [1.29, 1.82) is 0 Å². The summed E-state index contributed by atoms with van der Waals surface area (Å²) in [5.41, 5.74) is 5.32. The summed E-state index contributed by atoms with van der Waals surface area (Å²) in [6.45, 7) is 6.25. The fourth-order valence-electron chi connectivity index (χ4n) is 2.40. The second-order valence-electron chi connectivity index (χ2n) is 5.51. The van der Waals surface area contributed by atoms with Crippen LogP contribution in [0.3, 0.4) is 0 Å². The fourth-order valence-corrected chi connectivity index (χ4v) is 2.40. The molecule has 0 heterocycles. The highest BCUT2D eigenvalue weighted by Crippen LogP contribution is 2.26. The van der Waals surface area contributed by atoms with Crippen molar-refractivity contribution in [2.45, 2.75) is 27.4 Å². The van der Waals surface area contributed by atoms with Crippen LogP contribution in [-0.4, -0.2) is 10.9 Å². The zero-order chi connectivity index (χ0) is 17.4. The van der Waals surface area contributed by atoms with Gasteiger partial charge in [0.15, 0.2) is 0 Å². The van der Waals surface area contributed by atoms with Gasteiger partial charge >= 0.3 is 0 Å². The molecule has 0 bridgehead atoms. The molecule has 0 saturated carbocycles. The van der Waals surface area contributed by atoms with Crippen molar-refractivity contribution in [3.63, 3.8) is 0 Å². The van der Waals surface area contributed by atoms with Crippen LogP contribution in [0.25, 0.3) is 11.1 Å². The molecule has 0 spiro atoms. The summed E-state index contributed by atoms with van der Waals surface area (Å²) >= 11 is 0. The van der Waals surface area contributed by atoms with Gasteiger partial charge < -0.3 is 9.94 Å². The lowest BCUT2D eigenvalue weighted by molar-refractivity contribution is 0.210. The third-order valence-corrected chi connectivity index (χ3v) is 3.86. The third-order valence-electron chi connectivity index (χ3n) is 3.86. The Bertz CT molecular complexity index is 759. The lowest BCUT2D eigenvalue weighted by Gasteiger charge is -2.13. The predicted octanol–water partition coefficient (Wildman–Crippen LogP) is 5.49. The molecule has 3 nitrogen and oxygen atoms in total. The molecule has 24 heavy (non-hydrogen) atoms. The predicted molar refractivity (Wildman–Crippen MR) is 99.2 cm³/mol. The Morgan fingerprint density at radius 2 is 1.83 bits per heavy atom. The normalized spacial score (nSPS) is 12.6. The SMILES string of the molecule is C\C=C(/C=C\C(C)=N\O)OCc1cccc(-c2ccccc2)c1C. The van der Waals surface area contributed by atoms with Crippen LogP contribution in [0.4, 0.5) is 0 Å². The van der Waals surface area contributed by atoms with E-state index in [1.807, 2.05) is 31.2 Å². The van der Waals surface area contributed by atoms with E-state index >= 15 is 0 Å². The van der Waals surface area contributed by atoms with Crippen molar-refractivity contribution >= 4 is 5.71 Å². The fraction of sp³-hybridized carbons (Fsp3) is 0.190. The van der Waals surface area contributed by atoms with Crippen molar-refractivity contribution in [3.05, 3.63) is 83.6 Å². The summed E-state index contributed by atoms with van der Waals surface area (Å²) < 4.78 is 5.88. The van der Waals surface area contributed by atoms with E-state index in [-0.39, 0.29) is 0 Å². The average molecular weight is 321 g/mol. The highest BCUT2D eigenvalue weighted by atomic mass is 16.5. The first-order chi connectivity index (χ1) is 11.7. The van der Waals surface area contributed by atoms with Gasteiger partial charge in [-0.15, -0.1) is 0 Å². The molecule has 0 amide bonds. The van der Waals surface area contributed by atoms with Crippen LogP contribution in [-0.2, 0) is 11.3 Å². The highest BCUT2D eigenvalue weighted by molar-refractivity contribution is 5.92. The van der Waals surface area contributed by atoms with E-state index in [2.05, 4.69) is 42.4 Å². The molecule has 0 aliphatic carbocycles. The number of ether oxygens (including phenoxy) is 1. The Hall–Kier alpha value is -2.81. The maximum atomic E-state index is 8.68. The number of nitrogens with zero attached hydrogens (tertiary/aromatic N) is 1. The van der Waals surface area contributed by atoms with Gasteiger partial charge in [-0.2, -0.15) is 0 Å². The number of rotatable bonds is 6. The Kier molecular flexibility index (Phi) is 6.38. The summed E-state index contributed by atoms with van der Waals surface area (Å²) in [7, 11) is 0. The molecule has 0 aromatic heterocycles. The first kappa shape index (κ1) is 17.5. The van der Waals surface area contributed by atoms with Crippen molar-refractivity contribution < 1.29 is 9.94 Å². The van der Waals surface area contributed by atoms with E-state index in [4.69, 9.17) is 9.94 Å². The molecule has 0 aliphatic rings. The van der Waals surface area contributed by atoms with Crippen molar-refractivity contribution in [3.8, 4) is 11.1 Å². The molecule has 0 fully saturated rings. The number of hydrogen-bond acceptors (Lipinski definition) is 3. The van der Waals surface area contributed by atoms with Gasteiger partial charge in [0.2, 0.25) is 0 Å². The first-order valence-corrected chi connectivity index (χ1v) is 7.95. The van der Waals surface area contributed by atoms with Crippen molar-refractivity contribution in [1.82, 2.24) is 0 Å². The van der Waals surface area contributed by atoms with Gasteiger partial charge in [-0.3, -0.25) is 0 Å².